The van der Waals surface area contributed by atoms with Crippen LogP contribution in [0.2, 0.25) is 0 Å². The van der Waals surface area contributed by atoms with Crippen LogP contribution in [-0.2, 0) is 12.8 Å². The predicted octanol–water partition coefficient (Wildman–Crippen LogP) is 1.93. The third-order valence-corrected chi connectivity index (χ3v) is 2.72. The van der Waals surface area contributed by atoms with Crippen molar-refractivity contribution in [2.45, 2.75) is 32.3 Å². The molecule has 0 radical (unpaired) electrons. The van der Waals surface area contributed by atoms with Gasteiger partial charge in [0.1, 0.15) is 5.75 Å². The first-order valence-corrected chi connectivity index (χ1v) is 5.23. The molecule has 1 N–H and O–H groups in total. The molecule has 1 aliphatic rings. The lowest BCUT2D eigenvalue weighted by Gasteiger charge is -2.11. The number of aliphatic hydroxyl groups excluding tert-OH is 1. The van der Waals surface area contributed by atoms with Crippen molar-refractivity contribution in [3.8, 4) is 5.75 Å². The van der Waals surface area contributed by atoms with Gasteiger partial charge < -0.3 is 9.84 Å². The van der Waals surface area contributed by atoms with E-state index in [1.165, 1.54) is 5.56 Å². The van der Waals surface area contributed by atoms with Gasteiger partial charge in [-0.2, -0.15) is 0 Å². The number of hydrogen-bond donors (Lipinski definition) is 1. The third-order valence-electron chi connectivity index (χ3n) is 2.72. The van der Waals surface area contributed by atoms with Crippen LogP contribution < -0.4 is 4.74 Å². The molecule has 0 amide bonds. The van der Waals surface area contributed by atoms with E-state index in [0.29, 0.717) is 6.42 Å². The van der Waals surface area contributed by atoms with Gasteiger partial charge in [0.25, 0.3) is 0 Å². The summed E-state index contributed by atoms with van der Waals surface area (Å²) in [6.07, 6.45) is 2.26. The Labute approximate surface area is 84.5 Å². The normalized spacial score (nSPS) is 16.1. The van der Waals surface area contributed by atoms with Crippen LogP contribution in [0.5, 0.6) is 5.75 Å². The van der Waals surface area contributed by atoms with Crippen LogP contribution in [-0.4, -0.2) is 17.8 Å². The van der Waals surface area contributed by atoms with Crippen molar-refractivity contribution in [1.29, 1.82) is 0 Å². The lowest BCUT2D eigenvalue weighted by Crippen LogP contribution is -2.09. The van der Waals surface area contributed by atoms with Crippen molar-refractivity contribution >= 4 is 0 Å². The van der Waals surface area contributed by atoms with Crippen LogP contribution in [0.4, 0.5) is 0 Å². The summed E-state index contributed by atoms with van der Waals surface area (Å²) in [7, 11) is 0. The maximum atomic E-state index is 9.59. The molecule has 0 spiro atoms. The Balaban J connectivity index is 2.22. The summed E-state index contributed by atoms with van der Waals surface area (Å²) in [5.74, 6) is 1.01. The minimum atomic E-state index is -0.245. The zero-order chi connectivity index (χ0) is 9.97. The fraction of sp³-hybridized carbons (Fsp3) is 0.500. The highest BCUT2D eigenvalue weighted by atomic mass is 16.5. The summed E-state index contributed by atoms with van der Waals surface area (Å²) in [4.78, 5) is 0. The lowest BCUT2D eigenvalue weighted by molar-refractivity contribution is 0.169. The summed E-state index contributed by atoms with van der Waals surface area (Å²) >= 11 is 0. The fourth-order valence-corrected chi connectivity index (χ4v) is 1.84. The summed E-state index contributed by atoms with van der Waals surface area (Å²) < 4.78 is 5.56. The number of rotatable bonds is 3. The molecule has 1 aromatic rings. The Morgan fingerprint density at radius 1 is 1.50 bits per heavy atom. The number of fused-ring (bicyclic) bond motifs is 1. The first-order chi connectivity index (χ1) is 6.81. The van der Waals surface area contributed by atoms with Crippen LogP contribution in [0.3, 0.4) is 0 Å². The second-order valence-corrected chi connectivity index (χ2v) is 3.77. The lowest BCUT2D eigenvalue weighted by atomic mass is 10.0. The molecular formula is C12H16O2. The molecule has 14 heavy (non-hydrogen) atoms. The van der Waals surface area contributed by atoms with Crippen molar-refractivity contribution < 1.29 is 9.84 Å². The van der Waals surface area contributed by atoms with Crippen LogP contribution in [0.1, 0.15) is 24.5 Å². The van der Waals surface area contributed by atoms with Gasteiger partial charge in [-0.1, -0.05) is 25.1 Å². The summed E-state index contributed by atoms with van der Waals surface area (Å²) in [5, 5.41) is 9.59. The Bertz CT molecular complexity index is 320. The minimum absolute atomic E-state index is 0.245. The van der Waals surface area contributed by atoms with Gasteiger partial charge in [0.05, 0.1) is 12.7 Å². The number of hydrogen-bond acceptors (Lipinski definition) is 2. The zero-order valence-corrected chi connectivity index (χ0v) is 8.49. The summed E-state index contributed by atoms with van der Waals surface area (Å²) in [6.45, 7) is 2.78. The highest BCUT2D eigenvalue weighted by Gasteiger charge is 2.16. The Kier molecular flexibility index (Phi) is 2.73. The van der Waals surface area contributed by atoms with Crippen molar-refractivity contribution in [1.82, 2.24) is 0 Å². The maximum absolute atomic E-state index is 9.59. The number of aliphatic hydroxyl groups is 1. The van der Waals surface area contributed by atoms with Gasteiger partial charge in [-0.15, -0.1) is 0 Å². The first-order valence-electron chi connectivity index (χ1n) is 5.23. The van der Waals surface area contributed by atoms with E-state index in [1.54, 1.807) is 0 Å². The second kappa shape index (κ2) is 4.01. The molecule has 2 rings (SSSR count). The van der Waals surface area contributed by atoms with Gasteiger partial charge in [0.15, 0.2) is 0 Å². The molecule has 1 aromatic carbocycles. The number of benzene rings is 1. The Morgan fingerprint density at radius 3 is 3.14 bits per heavy atom. The second-order valence-electron chi connectivity index (χ2n) is 3.77. The molecule has 0 saturated carbocycles. The van der Waals surface area contributed by atoms with E-state index in [4.69, 9.17) is 4.74 Å². The highest BCUT2D eigenvalue weighted by Crippen LogP contribution is 2.30. The van der Waals surface area contributed by atoms with Gasteiger partial charge in [0.2, 0.25) is 0 Å². The predicted molar refractivity (Wildman–Crippen MR) is 55.6 cm³/mol. The topological polar surface area (TPSA) is 29.5 Å². The van der Waals surface area contributed by atoms with E-state index < -0.39 is 0 Å². The molecule has 1 aliphatic heterocycles. The molecule has 1 heterocycles. The number of ether oxygens (including phenoxy) is 1. The van der Waals surface area contributed by atoms with E-state index >= 15 is 0 Å². The molecule has 1 atom stereocenters. The molecule has 2 heteroatoms. The molecule has 0 aliphatic carbocycles. The van der Waals surface area contributed by atoms with Crippen molar-refractivity contribution in [2.75, 3.05) is 6.61 Å². The molecule has 1 unspecified atom stereocenters. The van der Waals surface area contributed by atoms with E-state index in [1.807, 2.05) is 19.1 Å². The van der Waals surface area contributed by atoms with E-state index in [2.05, 4.69) is 6.07 Å². The molecule has 0 aromatic heterocycles. The van der Waals surface area contributed by atoms with Gasteiger partial charge in [-0.3, -0.25) is 0 Å². The fourth-order valence-electron chi connectivity index (χ4n) is 1.84. The molecule has 0 fully saturated rings. The quantitative estimate of drug-likeness (QED) is 0.793. The van der Waals surface area contributed by atoms with Gasteiger partial charge in [-0.25, -0.2) is 0 Å². The van der Waals surface area contributed by atoms with E-state index in [0.717, 1.165) is 30.8 Å². The first kappa shape index (κ1) is 9.53. The smallest absolute Gasteiger partial charge is 0.125 e. The molecule has 0 saturated heterocycles. The van der Waals surface area contributed by atoms with Crippen LogP contribution in [0.15, 0.2) is 18.2 Å². The van der Waals surface area contributed by atoms with Crippen LogP contribution in [0, 0.1) is 0 Å². The van der Waals surface area contributed by atoms with Gasteiger partial charge in [-0.05, 0) is 17.5 Å². The summed E-state index contributed by atoms with van der Waals surface area (Å²) in [5.41, 5.74) is 2.43. The van der Waals surface area contributed by atoms with Gasteiger partial charge >= 0.3 is 0 Å². The molecule has 76 valence electrons. The molecule has 2 nitrogen and oxygen atoms in total. The van der Waals surface area contributed by atoms with E-state index in [-0.39, 0.29) is 6.10 Å². The summed E-state index contributed by atoms with van der Waals surface area (Å²) in [6, 6.07) is 6.19. The number of para-hydroxylation sites is 1. The van der Waals surface area contributed by atoms with Crippen LogP contribution >= 0.6 is 0 Å². The molecule has 0 bridgehead atoms. The third kappa shape index (κ3) is 1.75. The molecular weight excluding hydrogens is 176 g/mol. The average molecular weight is 192 g/mol. The van der Waals surface area contributed by atoms with Crippen LogP contribution in [0.25, 0.3) is 0 Å². The average Bonchev–Trinajstić information content (AvgIpc) is 2.66. The maximum Gasteiger partial charge on any atom is 0.125 e. The highest BCUT2D eigenvalue weighted by molar-refractivity contribution is 5.44. The SMILES string of the molecule is CCC(O)Cc1cccc2c1OCC2. The standard InChI is InChI=1S/C12H16O2/c1-2-11(13)8-10-5-3-4-9-6-7-14-12(9)10/h3-5,11,13H,2,6-8H2,1H3. The van der Waals surface area contributed by atoms with Crippen molar-refractivity contribution in [3.05, 3.63) is 29.3 Å². The largest absolute Gasteiger partial charge is 0.493 e. The van der Waals surface area contributed by atoms with Crippen molar-refractivity contribution in [3.63, 3.8) is 0 Å². The Morgan fingerprint density at radius 2 is 2.36 bits per heavy atom. The van der Waals surface area contributed by atoms with Crippen molar-refractivity contribution in [2.24, 2.45) is 0 Å². The minimum Gasteiger partial charge on any atom is -0.493 e. The van der Waals surface area contributed by atoms with Gasteiger partial charge in [0, 0.05) is 12.8 Å². The van der Waals surface area contributed by atoms with E-state index in [9.17, 15) is 5.11 Å². The monoisotopic (exact) mass is 192 g/mol. The Hall–Kier alpha value is -1.02. The zero-order valence-electron chi connectivity index (χ0n) is 8.49.